The van der Waals surface area contributed by atoms with E-state index in [9.17, 15) is 4.79 Å². The Morgan fingerprint density at radius 3 is 2.08 bits per heavy atom. The van der Waals surface area contributed by atoms with Crippen molar-refractivity contribution in [2.75, 3.05) is 19.0 Å². The summed E-state index contributed by atoms with van der Waals surface area (Å²) in [5.41, 5.74) is 2.67. The SMILES string of the molecule is CN(C)c1ccc(C(=O)c2ccc(O[Si](C)(C)C)cc2)c([Si](C)C)c1. The van der Waals surface area contributed by atoms with Crippen LogP contribution in [-0.4, -0.2) is 37.0 Å². The molecule has 0 spiro atoms. The molecular weight excluding hydrogens is 342 g/mol. The van der Waals surface area contributed by atoms with Crippen LogP contribution in [0.3, 0.4) is 0 Å². The van der Waals surface area contributed by atoms with Crippen LogP contribution in [-0.2, 0) is 0 Å². The smallest absolute Gasteiger partial charge is 0.242 e. The molecule has 0 saturated carbocycles. The molecular formula is C20H28NO2Si2. The Morgan fingerprint density at radius 2 is 1.60 bits per heavy atom. The zero-order valence-electron chi connectivity index (χ0n) is 16.3. The van der Waals surface area contributed by atoms with Gasteiger partial charge in [-0.2, -0.15) is 0 Å². The van der Waals surface area contributed by atoms with E-state index in [-0.39, 0.29) is 5.78 Å². The van der Waals surface area contributed by atoms with Gasteiger partial charge in [0.15, 0.2) is 5.78 Å². The molecule has 25 heavy (non-hydrogen) atoms. The zero-order valence-corrected chi connectivity index (χ0v) is 18.3. The standard InChI is InChI=1S/C20H28NO2Si2/c1-21(2)16-10-13-18(19(14-16)24(3)4)20(22)15-8-11-17(12-9-15)23-25(5,6)7/h8-14H,1-7H3. The van der Waals surface area contributed by atoms with E-state index in [2.05, 4.69) is 43.7 Å². The molecule has 0 atom stereocenters. The van der Waals surface area contributed by atoms with E-state index in [1.165, 1.54) is 5.19 Å². The topological polar surface area (TPSA) is 29.5 Å². The predicted octanol–water partition coefficient (Wildman–Crippen LogP) is 4.16. The van der Waals surface area contributed by atoms with Crippen molar-refractivity contribution in [2.24, 2.45) is 0 Å². The summed E-state index contributed by atoms with van der Waals surface area (Å²) in [5, 5.41) is 1.18. The number of anilines is 1. The number of benzene rings is 2. The van der Waals surface area contributed by atoms with Gasteiger partial charge in [0.1, 0.15) is 5.75 Å². The highest BCUT2D eigenvalue weighted by molar-refractivity contribution is 6.72. The number of hydrogen-bond donors (Lipinski definition) is 0. The Bertz CT molecular complexity index is 747. The molecule has 0 N–H and O–H groups in total. The third-order valence-electron chi connectivity index (χ3n) is 3.84. The van der Waals surface area contributed by atoms with E-state index in [4.69, 9.17) is 4.43 Å². The van der Waals surface area contributed by atoms with Crippen molar-refractivity contribution in [2.45, 2.75) is 32.7 Å². The minimum absolute atomic E-state index is 0.0889. The lowest BCUT2D eigenvalue weighted by Gasteiger charge is -2.19. The molecule has 2 aromatic rings. The molecule has 2 aromatic carbocycles. The highest BCUT2D eigenvalue weighted by Gasteiger charge is 2.19. The normalized spacial score (nSPS) is 11.5. The first-order valence-electron chi connectivity index (χ1n) is 8.54. The van der Waals surface area contributed by atoms with Gasteiger partial charge in [-0.05, 0) is 67.3 Å². The van der Waals surface area contributed by atoms with E-state index in [0.29, 0.717) is 5.56 Å². The molecule has 0 saturated heterocycles. The molecule has 2 rings (SSSR count). The molecule has 5 heteroatoms. The Hall–Kier alpha value is -1.86. The third-order valence-corrected chi connectivity index (χ3v) is 6.18. The average Bonchev–Trinajstić information content (AvgIpc) is 2.52. The van der Waals surface area contributed by atoms with Gasteiger partial charge in [0.05, 0.1) is 8.80 Å². The summed E-state index contributed by atoms with van der Waals surface area (Å²) in [6.45, 7) is 10.9. The van der Waals surface area contributed by atoms with Gasteiger partial charge in [-0.15, -0.1) is 0 Å². The Labute approximate surface area is 154 Å². The number of rotatable bonds is 6. The van der Waals surface area contributed by atoms with Crippen LogP contribution >= 0.6 is 0 Å². The summed E-state index contributed by atoms with van der Waals surface area (Å²) in [5.74, 6) is 0.931. The molecule has 0 unspecified atom stereocenters. The first-order valence-corrected chi connectivity index (χ1v) is 14.4. The van der Waals surface area contributed by atoms with E-state index < -0.39 is 17.1 Å². The summed E-state index contributed by atoms with van der Waals surface area (Å²) in [6, 6.07) is 13.7. The van der Waals surface area contributed by atoms with Crippen molar-refractivity contribution in [1.82, 2.24) is 0 Å². The zero-order chi connectivity index (χ0) is 18.8. The van der Waals surface area contributed by atoms with Crippen molar-refractivity contribution in [3.8, 4) is 5.75 Å². The predicted molar refractivity (Wildman–Crippen MR) is 112 cm³/mol. The van der Waals surface area contributed by atoms with Crippen LogP contribution in [0.15, 0.2) is 42.5 Å². The van der Waals surface area contributed by atoms with Gasteiger partial charge in [0.2, 0.25) is 8.32 Å². The summed E-state index contributed by atoms with van der Waals surface area (Å²) in [4.78, 5) is 15.1. The number of carbonyl (C=O) groups is 1. The average molecular weight is 371 g/mol. The van der Waals surface area contributed by atoms with Crippen molar-refractivity contribution in [1.29, 1.82) is 0 Å². The third kappa shape index (κ3) is 5.06. The van der Waals surface area contributed by atoms with Crippen molar-refractivity contribution in [3.05, 3.63) is 53.6 Å². The van der Waals surface area contributed by atoms with Crippen LogP contribution in [0.5, 0.6) is 5.75 Å². The first-order chi connectivity index (χ1) is 11.6. The van der Waals surface area contributed by atoms with Crippen LogP contribution < -0.4 is 14.5 Å². The van der Waals surface area contributed by atoms with E-state index in [0.717, 1.165) is 17.0 Å². The van der Waals surface area contributed by atoms with Gasteiger partial charge in [-0.1, -0.05) is 13.1 Å². The molecule has 0 fully saturated rings. The number of hydrogen-bond acceptors (Lipinski definition) is 3. The summed E-state index contributed by atoms with van der Waals surface area (Å²) < 4.78 is 5.97. The Morgan fingerprint density at radius 1 is 1.00 bits per heavy atom. The largest absolute Gasteiger partial charge is 0.544 e. The summed E-state index contributed by atoms with van der Waals surface area (Å²) >= 11 is 0. The molecule has 0 aliphatic carbocycles. The second kappa shape index (κ2) is 7.58. The molecule has 1 radical (unpaired) electrons. The maximum absolute atomic E-state index is 13.0. The molecule has 3 nitrogen and oxygen atoms in total. The van der Waals surface area contributed by atoms with E-state index in [1.807, 2.05) is 50.5 Å². The second-order valence-corrected chi connectivity index (χ2v) is 14.7. The maximum atomic E-state index is 13.0. The van der Waals surface area contributed by atoms with Gasteiger partial charge in [-0.25, -0.2) is 0 Å². The first kappa shape index (κ1) is 19.5. The fraction of sp³-hybridized carbons (Fsp3) is 0.350. The van der Waals surface area contributed by atoms with Crippen LogP contribution in [0.2, 0.25) is 32.7 Å². The van der Waals surface area contributed by atoms with Crippen molar-refractivity contribution >= 4 is 33.8 Å². The molecule has 0 aromatic heterocycles. The summed E-state index contributed by atoms with van der Waals surface area (Å²) in [6.07, 6.45) is 0. The second-order valence-electron chi connectivity index (χ2n) is 7.69. The Kier molecular flexibility index (Phi) is 5.90. The lowest BCUT2D eigenvalue weighted by atomic mass is 10.0. The highest BCUT2D eigenvalue weighted by atomic mass is 28.4. The van der Waals surface area contributed by atoms with E-state index >= 15 is 0 Å². The van der Waals surface area contributed by atoms with Gasteiger partial charge in [-0.3, -0.25) is 4.79 Å². The number of ketones is 1. The van der Waals surface area contributed by atoms with Crippen LogP contribution in [0.25, 0.3) is 0 Å². The van der Waals surface area contributed by atoms with E-state index in [1.54, 1.807) is 0 Å². The van der Waals surface area contributed by atoms with Crippen molar-refractivity contribution < 1.29 is 9.22 Å². The summed E-state index contributed by atoms with van der Waals surface area (Å²) in [7, 11) is 1.67. The fourth-order valence-electron chi connectivity index (χ4n) is 2.61. The number of nitrogens with zero attached hydrogens (tertiary/aromatic N) is 1. The fourth-order valence-corrected chi connectivity index (χ4v) is 4.62. The maximum Gasteiger partial charge on any atom is 0.242 e. The molecule has 0 amide bonds. The molecule has 133 valence electrons. The van der Waals surface area contributed by atoms with Crippen molar-refractivity contribution in [3.63, 3.8) is 0 Å². The molecule has 0 heterocycles. The van der Waals surface area contributed by atoms with Gasteiger partial charge in [0, 0.05) is 30.9 Å². The minimum Gasteiger partial charge on any atom is -0.544 e. The molecule has 0 bridgehead atoms. The quantitative estimate of drug-likeness (QED) is 0.565. The minimum atomic E-state index is -1.63. The van der Waals surface area contributed by atoms with Gasteiger partial charge < -0.3 is 9.33 Å². The molecule has 0 aliphatic heterocycles. The van der Waals surface area contributed by atoms with Gasteiger partial charge >= 0.3 is 0 Å². The lowest BCUT2D eigenvalue weighted by Crippen LogP contribution is -2.30. The monoisotopic (exact) mass is 370 g/mol. The highest BCUT2D eigenvalue weighted by Crippen LogP contribution is 2.20. The van der Waals surface area contributed by atoms with Gasteiger partial charge in [0.25, 0.3) is 0 Å². The van der Waals surface area contributed by atoms with Crippen LogP contribution in [0.1, 0.15) is 15.9 Å². The van der Waals surface area contributed by atoms with Crippen LogP contribution in [0.4, 0.5) is 5.69 Å². The van der Waals surface area contributed by atoms with Crippen LogP contribution in [0, 0.1) is 0 Å². The molecule has 0 aliphatic rings. The Balaban J connectivity index is 2.34. The number of carbonyl (C=O) groups excluding carboxylic acids is 1. The lowest BCUT2D eigenvalue weighted by molar-refractivity contribution is 0.104.